The fourth-order valence-electron chi connectivity index (χ4n) is 0.0833. The highest BCUT2D eigenvalue weighted by Crippen LogP contribution is 1.37. The lowest BCUT2D eigenvalue weighted by Gasteiger charge is -1.78. The summed E-state index contributed by atoms with van der Waals surface area (Å²) in [6.45, 7) is 5.73. The number of nitrogens with one attached hydrogen (secondary N) is 2. The van der Waals surface area contributed by atoms with Crippen LogP contribution in [0.25, 0.3) is 0 Å². The maximum Gasteiger partial charge on any atom is 0.207 e. The summed E-state index contributed by atoms with van der Waals surface area (Å²) in [4.78, 5) is 9.29. The molecule has 0 spiro atoms. The van der Waals surface area contributed by atoms with Gasteiger partial charge in [0.2, 0.25) is 6.41 Å². The van der Waals surface area contributed by atoms with E-state index < -0.39 is 0 Å². The van der Waals surface area contributed by atoms with E-state index in [1.165, 1.54) is 0 Å². The Kier molecular flexibility index (Phi) is 19.6. The maximum atomic E-state index is 9.29. The van der Waals surface area contributed by atoms with E-state index in [4.69, 9.17) is 0 Å². The number of rotatable bonds is 3. The van der Waals surface area contributed by atoms with E-state index in [1.54, 1.807) is 0 Å². The molecular weight excluding hydrogens is 116 g/mol. The lowest BCUT2D eigenvalue weighted by atomic mass is 10.8. The van der Waals surface area contributed by atoms with Crippen molar-refractivity contribution in [2.24, 2.45) is 0 Å². The van der Waals surface area contributed by atoms with Gasteiger partial charge in [-0.3, -0.25) is 4.79 Å². The number of hydrogen-bond donors (Lipinski definition) is 2. The van der Waals surface area contributed by atoms with Crippen molar-refractivity contribution in [3.63, 3.8) is 0 Å². The Balaban J connectivity index is 0. The second kappa shape index (κ2) is 15.7. The van der Waals surface area contributed by atoms with Crippen LogP contribution in [0.1, 0.15) is 13.8 Å². The van der Waals surface area contributed by atoms with Crippen LogP contribution in [0.3, 0.4) is 0 Å². The molecule has 0 aromatic rings. The van der Waals surface area contributed by atoms with Crippen LogP contribution in [0.4, 0.5) is 0 Å². The lowest BCUT2D eigenvalue weighted by molar-refractivity contribution is -0.109. The zero-order chi connectivity index (χ0) is 7.54. The van der Waals surface area contributed by atoms with E-state index >= 15 is 0 Å². The van der Waals surface area contributed by atoms with Crippen LogP contribution < -0.4 is 10.6 Å². The first-order chi connectivity index (χ1) is 4.33. The predicted octanol–water partition coefficient (Wildman–Crippen LogP) is -0.0220. The third-order valence-corrected chi connectivity index (χ3v) is 0.641. The smallest absolute Gasteiger partial charge is 0.207 e. The minimum Gasteiger partial charge on any atom is -0.359 e. The van der Waals surface area contributed by atoms with Crippen molar-refractivity contribution in [2.45, 2.75) is 13.8 Å². The van der Waals surface area contributed by atoms with Crippen molar-refractivity contribution in [2.75, 3.05) is 20.1 Å². The van der Waals surface area contributed by atoms with E-state index in [9.17, 15) is 4.79 Å². The van der Waals surface area contributed by atoms with Crippen LogP contribution in [-0.2, 0) is 4.79 Å². The topological polar surface area (TPSA) is 41.1 Å². The van der Waals surface area contributed by atoms with Crippen LogP contribution in [-0.4, -0.2) is 26.5 Å². The zero-order valence-corrected chi connectivity index (χ0v) is 6.40. The van der Waals surface area contributed by atoms with Crippen LogP contribution in [0, 0.1) is 0 Å². The molecule has 1 amide bonds. The van der Waals surface area contributed by atoms with Gasteiger partial charge in [0.1, 0.15) is 0 Å². The van der Waals surface area contributed by atoms with Gasteiger partial charge in [-0.05, 0) is 20.5 Å². The average Bonchev–Trinajstić information content (AvgIpc) is 1.91. The monoisotopic (exact) mass is 132 g/mol. The van der Waals surface area contributed by atoms with Crippen LogP contribution >= 0.6 is 0 Å². The summed E-state index contributed by atoms with van der Waals surface area (Å²) in [5.74, 6) is 0. The van der Waals surface area contributed by atoms with Crippen LogP contribution in [0.5, 0.6) is 0 Å². The molecule has 2 N–H and O–H groups in total. The predicted molar refractivity (Wildman–Crippen MR) is 39.3 cm³/mol. The van der Waals surface area contributed by atoms with Gasteiger partial charge in [0.05, 0.1) is 0 Å². The fraction of sp³-hybridized carbons (Fsp3) is 0.833. The third-order valence-electron chi connectivity index (χ3n) is 0.641. The van der Waals surface area contributed by atoms with Crippen LogP contribution in [0.2, 0.25) is 0 Å². The second-order valence-electron chi connectivity index (χ2n) is 1.38. The van der Waals surface area contributed by atoms with Gasteiger partial charge in [-0.15, -0.1) is 0 Å². The molecule has 9 heavy (non-hydrogen) atoms. The van der Waals surface area contributed by atoms with E-state index in [0.29, 0.717) is 6.41 Å². The Morgan fingerprint density at radius 1 is 1.33 bits per heavy atom. The highest BCUT2D eigenvalue weighted by Gasteiger charge is 1.59. The molecule has 0 saturated heterocycles. The minimum absolute atomic E-state index is 0.681. The Hall–Kier alpha value is -0.570. The van der Waals surface area contributed by atoms with Crippen molar-refractivity contribution in [1.29, 1.82) is 0 Å². The van der Waals surface area contributed by atoms with Crippen molar-refractivity contribution in [3.8, 4) is 0 Å². The molecule has 0 aliphatic heterocycles. The lowest BCUT2D eigenvalue weighted by Crippen LogP contribution is -2.07. The van der Waals surface area contributed by atoms with Gasteiger partial charge < -0.3 is 10.6 Å². The van der Waals surface area contributed by atoms with Gasteiger partial charge in [-0.25, -0.2) is 0 Å². The Morgan fingerprint density at radius 2 is 1.78 bits per heavy atom. The summed E-state index contributed by atoms with van der Waals surface area (Å²) < 4.78 is 0. The fourth-order valence-corrected chi connectivity index (χ4v) is 0.0833. The molecule has 3 heteroatoms. The quantitative estimate of drug-likeness (QED) is 0.530. The molecule has 56 valence electrons. The summed E-state index contributed by atoms with van der Waals surface area (Å²) in [5.41, 5.74) is 0. The molecule has 0 aromatic carbocycles. The van der Waals surface area contributed by atoms with Crippen LogP contribution in [0.15, 0.2) is 0 Å². The van der Waals surface area contributed by atoms with Gasteiger partial charge in [0.25, 0.3) is 0 Å². The summed E-state index contributed by atoms with van der Waals surface area (Å²) in [6.07, 6.45) is 0.681. The first kappa shape index (κ1) is 11.3. The Bertz CT molecular complexity index is 46.3. The van der Waals surface area contributed by atoms with Gasteiger partial charge in [0, 0.05) is 6.54 Å². The molecule has 0 fully saturated rings. The van der Waals surface area contributed by atoms with E-state index in [-0.39, 0.29) is 0 Å². The minimum atomic E-state index is 0.681. The third kappa shape index (κ3) is 37.1. The molecule has 0 atom stereocenters. The maximum absolute atomic E-state index is 9.29. The first-order valence-electron chi connectivity index (χ1n) is 3.15. The summed E-state index contributed by atoms with van der Waals surface area (Å²) in [7, 11) is 1.93. The Labute approximate surface area is 56.8 Å². The molecule has 0 unspecified atom stereocenters. The van der Waals surface area contributed by atoms with Gasteiger partial charge >= 0.3 is 0 Å². The number of hydrogen-bond acceptors (Lipinski definition) is 2. The first-order valence-corrected chi connectivity index (χ1v) is 3.15. The molecule has 0 aromatic heterocycles. The molecule has 0 saturated carbocycles. The molecule has 0 heterocycles. The number of carbonyl (C=O) groups is 1. The Morgan fingerprint density at radius 3 is 1.78 bits per heavy atom. The standard InChI is InChI=1S/C3H7NO.C3H9N/c1-2-4-3-5;1-3-4-2/h3H,2H2,1H3,(H,4,5);4H,3H2,1-2H3. The molecule has 3 nitrogen and oxygen atoms in total. The largest absolute Gasteiger partial charge is 0.359 e. The molecule has 0 radical (unpaired) electrons. The second-order valence-corrected chi connectivity index (χ2v) is 1.38. The van der Waals surface area contributed by atoms with Crippen molar-refractivity contribution in [3.05, 3.63) is 0 Å². The molecular formula is C6H16N2O. The molecule has 0 bridgehead atoms. The van der Waals surface area contributed by atoms with Gasteiger partial charge in [-0.1, -0.05) is 6.92 Å². The van der Waals surface area contributed by atoms with Gasteiger partial charge in [0.15, 0.2) is 0 Å². The molecule has 0 aliphatic carbocycles. The summed E-state index contributed by atoms with van der Waals surface area (Å²) in [5, 5.41) is 5.36. The zero-order valence-electron chi connectivity index (χ0n) is 6.40. The molecule has 0 aliphatic rings. The van der Waals surface area contributed by atoms with Crippen molar-refractivity contribution in [1.82, 2.24) is 10.6 Å². The highest BCUT2D eigenvalue weighted by atomic mass is 16.1. The number of carbonyl (C=O) groups excluding carboxylic acids is 1. The number of amides is 1. The van der Waals surface area contributed by atoms with Crippen molar-refractivity contribution >= 4 is 6.41 Å². The van der Waals surface area contributed by atoms with E-state index in [0.717, 1.165) is 13.1 Å². The normalized spacial score (nSPS) is 7.00. The van der Waals surface area contributed by atoms with E-state index in [1.807, 2.05) is 14.0 Å². The summed E-state index contributed by atoms with van der Waals surface area (Å²) in [6, 6.07) is 0. The van der Waals surface area contributed by atoms with E-state index in [2.05, 4.69) is 17.6 Å². The van der Waals surface area contributed by atoms with Crippen molar-refractivity contribution < 1.29 is 4.79 Å². The SMILES string of the molecule is CCNC.CCNC=O. The highest BCUT2D eigenvalue weighted by molar-refractivity contribution is 5.45. The summed E-state index contributed by atoms with van der Waals surface area (Å²) >= 11 is 0. The van der Waals surface area contributed by atoms with Gasteiger partial charge in [-0.2, -0.15) is 0 Å². The molecule has 0 rings (SSSR count). The average molecular weight is 132 g/mol.